The van der Waals surface area contributed by atoms with Crippen LogP contribution in [0.3, 0.4) is 0 Å². The van der Waals surface area contributed by atoms with Gasteiger partial charge in [-0.15, -0.1) is 0 Å². The van der Waals surface area contributed by atoms with Crippen LogP contribution in [0.4, 0.5) is 0 Å². The van der Waals surface area contributed by atoms with Crippen LogP contribution in [0.2, 0.25) is 0 Å². The number of sulfonamides is 1. The van der Waals surface area contributed by atoms with E-state index in [4.69, 9.17) is 5.73 Å². The van der Waals surface area contributed by atoms with E-state index < -0.39 is 15.3 Å². The maximum absolute atomic E-state index is 11.8. The Kier molecular flexibility index (Phi) is 5.17. The van der Waals surface area contributed by atoms with E-state index in [0.29, 0.717) is 19.0 Å². The van der Waals surface area contributed by atoms with Crippen molar-refractivity contribution in [2.45, 2.75) is 37.5 Å². The van der Waals surface area contributed by atoms with Crippen LogP contribution in [0.15, 0.2) is 0 Å². The molecule has 1 atom stereocenters. The predicted octanol–water partition coefficient (Wildman–Crippen LogP) is -0.263. The van der Waals surface area contributed by atoms with E-state index in [1.165, 1.54) is 12.8 Å². The van der Waals surface area contributed by atoms with Crippen molar-refractivity contribution >= 4 is 10.0 Å². The van der Waals surface area contributed by atoms with Crippen molar-refractivity contribution in [3.05, 3.63) is 0 Å². The molecule has 0 aromatic rings. The van der Waals surface area contributed by atoms with Gasteiger partial charge in [-0.3, -0.25) is 0 Å². The molecule has 0 radical (unpaired) electrons. The van der Waals surface area contributed by atoms with Gasteiger partial charge in [-0.2, -0.15) is 0 Å². The quantitative estimate of drug-likeness (QED) is 0.621. The van der Waals surface area contributed by atoms with Gasteiger partial charge in [0.2, 0.25) is 10.0 Å². The van der Waals surface area contributed by atoms with Crippen molar-refractivity contribution in [1.82, 2.24) is 9.62 Å². The van der Waals surface area contributed by atoms with Gasteiger partial charge in [-0.05, 0) is 26.3 Å². The van der Waals surface area contributed by atoms with Gasteiger partial charge in [-0.1, -0.05) is 6.92 Å². The van der Waals surface area contributed by atoms with E-state index in [-0.39, 0.29) is 6.54 Å². The van der Waals surface area contributed by atoms with Gasteiger partial charge in [0.25, 0.3) is 0 Å². The summed E-state index contributed by atoms with van der Waals surface area (Å²) in [6.07, 6.45) is 3.04. The average molecular weight is 249 g/mol. The zero-order valence-corrected chi connectivity index (χ0v) is 11.0. The third-order valence-corrected chi connectivity index (χ3v) is 5.10. The van der Waals surface area contributed by atoms with Gasteiger partial charge in [0.15, 0.2) is 0 Å². The Morgan fingerprint density at radius 1 is 1.50 bits per heavy atom. The summed E-state index contributed by atoms with van der Waals surface area (Å²) in [4.78, 5) is 2.20. The summed E-state index contributed by atoms with van der Waals surface area (Å²) in [5.41, 5.74) is 5.43. The Morgan fingerprint density at radius 2 is 2.12 bits per heavy atom. The number of nitrogens with zero attached hydrogens (tertiary/aromatic N) is 1. The molecule has 1 fully saturated rings. The molecule has 6 heteroatoms. The fourth-order valence-corrected chi connectivity index (χ4v) is 3.00. The summed E-state index contributed by atoms with van der Waals surface area (Å²) in [6.45, 7) is 3.27. The molecule has 0 aromatic carbocycles. The highest BCUT2D eigenvalue weighted by Gasteiger charge is 2.26. The molecule has 0 bridgehead atoms. The van der Waals surface area contributed by atoms with Crippen LogP contribution in [-0.4, -0.2) is 51.3 Å². The molecule has 1 aliphatic carbocycles. The number of nitrogens with one attached hydrogen (secondary N) is 1. The van der Waals surface area contributed by atoms with Gasteiger partial charge in [0, 0.05) is 25.7 Å². The Morgan fingerprint density at radius 3 is 2.56 bits per heavy atom. The maximum atomic E-state index is 11.8. The fraction of sp³-hybridized carbons (Fsp3) is 1.00. The second-order valence-corrected chi connectivity index (χ2v) is 6.46. The lowest BCUT2D eigenvalue weighted by Crippen LogP contribution is -2.41. The molecular formula is C10H23N3O2S. The van der Waals surface area contributed by atoms with Crippen LogP contribution in [0.5, 0.6) is 0 Å². The summed E-state index contributed by atoms with van der Waals surface area (Å²) < 4.78 is 26.1. The minimum atomic E-state index is -3.23. The van der Waals surface area contributed by atoms with Crippen molar-refractivity contribution in [3.63, 3.8) is 0 Å². The van der Waals surface area contributed by atoms with Crippen LogP contribution in [0, 0.1) is 0 Å². The first kappa shape index (κ1) is 13.9. The predicted molar refractivity (Wildman–Crippen MR) is 65.7 cm³/mol. The Bertz CT molecular complexity index is 297. The Labute approximate surface area is 98.4 Å². The third-order valence-electron chi connectivity index (χ3n) is 3.10. The average Bonchev–Trinajstić information content (AvgIpc) is 3.01. The summed E-state index contributed by atoms with van der Waals surface area (Å²) in [7, 11) is -1.19. The summed E-state index contributed by atoms with van der Waals surface area (Å²) in [5.74, 6) is 0. The molecule has 1 saturated carbocycles. The highest BCUT2D eigenvalue weighted by Crippen LogP contribution is 2.24. The van der Waals surface area contributed by atoms with Gasteiger partial charge >= 0.3 is 0 Å². The van der Waals surface area contributed by atoms with Crippen LogP contribution < -0.4 is 10.5 Å². The van der Waals surface area contributed by atoms with E-state index in [1.807, 2.05) is 14.0 Å². The highest BCUT2D eigenvalue weighted by atomic mass is 32.2. The SMILES string of the molecule is CCC(CN)S(=O)(=O)NCCN(C)C1CC1. The van der Waals surface area contributed by atoms with Crippen molar-refractivity contribution in [3.8, 4) is 0 Å². The van der Waals surface area contributed by atoms with Gasteiger partial charge in [0.05, 0.1) is 5.25 Å². The van der Waals surface area contributed by atoms with Gasteiger partial charge in [-0.25, -0.2) is 13.1 Å². The number of nitrogens with two attached hydrogens (primary N) is 1. The van der Waals surface area contributed by atoms with Crippen molar-refractivity contribution in [2.24, 2.45) is 5.73 Å². The van der Waals surface area contributed by atoms with Crippen LogP contribution >= 0.6 is 0 Å². The molecule has 0 aliphatic heterocycles. The van der Waals surface area contributed by atoms with Crippen LogP contribution in [0.25, 0.3) is 0 Å². The molecule has 0 heterocycles. The number of hydrogen-bond donors (Lipinski definition) is 2. The molecule has 0 saturated heterocycles. The van der Waals surface area contributed by atoms with Crippen LogP contribution in [0.1, 0.15) is 26.2 Å². The van der Waals surface area contributed by atoms with Gasteiger partial charge < -0.3 is 10.6 Å². The molecule has 0 aromatic heterocycles. The summed E-state index contributed by atoms with van der Waals surface area (Å²) in [6, 6.07) is 0.668. The Hall–Kier alpha value is -0.170. The third kappa shape index (κ3) is 4.01. The van der Waals surface area contributed by atoms with E-state index in [0.717, 1.165) is 6.54 Å². The first-order valence-corrected chi connectivity index (χ1v) is 7.44. The topological polar surface area (TPSA) is 75.4 Å². The van der Waals surface area contributed by atoms with Crippen molar-refractivity contribution in [2.75, 3.05) is 26.7 Å². The molecule has 96 valence electrons. The van der Waals surface area contributed by atoms with E-state index >= 15 is 0 Å². The fourth-order valence-electron chi connectivity index (χ4n) is 1.69. The number of rotatable bonds is 8. The standard InChI is InChI=1S/C10H23N3O2S/c1-3-10(8-11)16(14,15)12-6-7-13(2)9-4-5-9/h9-10,12H,3-8,11H2,1-2H3. The normalized spacial score (nSPS) is 19.0. The minimum Gasteiger partial charge on any atom is -0.329 e. The first-order chi connectivity index (χ1) is 7.51. The van der Waals surface area contributed by atoms with Gasteiger partial charge in [0.1, 0.15) is 0 Å². The molecule has 16 heavy (non-hydrogen) atoms. The molecular weight excluding hydrogens is 226 g/mol. The molecule has 1 rings (SSSR count). The molecule has 0 spiro atoms. The second kappa shape index (κ2) is 5.95. The lowest BCUT2D eigenvalue weighted by molar-refractivity contribution is 0.329. The van der Waals surface area contributed by atoms with Crippen molar-refractivity contribution < 1.29 is 8.42 Å². The second-order valence-electron chi connectivity index (χ2n) is 4.42. The van der Waals surface area contributed by atoms with Crippen molar-refractivity contribution in [1.29, 1.82) is 0 Å². The van der Waals surface area contributed by atoms with E-state index in [9.17, 15) is 8.42 Å². The number of likely N-dealkylation sites (N-methyl/N-ethyl adjacent to an activating group) is 1. The number of hydrogen-bond acceptors (Lipinski definition) is 4. The monoisotopic (exact) mass is 249 g/mol. The lowest BCUT2D eigenvalue weighted by Gasteiger charge is -2.18. The zero-order valence-electron chi connectivity index (χ0n) is 10.1. The smallest absolute Gasteiger partial charge is 0.215 e. The molecule has 3 N–H and O–H groups in total. The summed E-state index contributed by atoms with van der Waals surface area (Å²) in [5, 5.41) is -0.460. The molecule has 1 aliphatic rings. The molecule has 5 nitrogen and oxygen atoms in total. The first-order valence-electron chi connectivity index (χ1n) is 5.90. The molecule has 0 amide bonds. The largest absolute Gasteiger partial charge is 0.329 e. The lowest BCUT2D eigenvalue weighted by atomic mass is 10.3. The highest BCUT2D eigenvalue weighted by molar-refractivity contribution is 7.90. The zero-order chi connectivity index (χ0) is 12.2. The minimum absolute atomic E-state index is 0.185. The summed E-state index contributed by atoms with van der Waals surface area (Å²) >= 11 is 0. The van der Waals surface area contributed by atoms with E-state index in [2.05, 4.69) is 9.62 Å². The van der Waals surface area contributed by atoms with Crippen LogP contribution in [-0.2, 0) is 10.0 Å². The Balaban J connectivity index is 2.29. The van der Waals surface area contributed by atoms with E-state index in [1.54, 1.807) is 0 Å². The maximum Gasteiger partial charge on any atom is 0.215 e. The molecule has 1 unspecified atom stereocenters.